The van der Waals surface area contributed by atoms with E-state index >= 15 is 0 Å². The Morgan fingerprint density at radius 3 is 2.73 bits per heavy atom. The number of thiophene rings is 1. The van der Waals surface area contributed by atoms with Crippen LogP contribution in [-0.2, 0) is 13.0 Å². The Morgan fingerprint density at radius 2 is 2.04 bits per heavy atom. The van der Waals surface area contributed by atoms with Gasteiger partial charge in [-0.1, -0.05) is 25.1 Å². The van der Waals surface area contributed by atoms with Crippen LogP contribution in [0.15, 0.2) is 43.0 Å². The van der Waals surface area contributed by atoms with Crippen LogP contribution in [-0.4, -0.2) is 22.4 Å². The molecule has 0 unspecified atom stereocenters. The summed E-state index contributed by atoms with van der Waals surface area (Å²) in [5.74, 6) is 1.53. The van der Waals surface area contributed by atoms with Crippen molar-refractivity contribution in [3.05, 3.63) is 64.8 Å². The molecule has 0 aliphatic rings. The van der Waals surface area contributed by atoms with Crippen LogP contribution < -0.4 is 10.6 Å². The summed E-state index contributed by atoms with van der Waals surface area (Å²) in [5.41, 5.74) is 1.72. The third kappa shape index (κ3) is 4.08. The first kappa shape index (κ1) is 18.1. The number of carbonyl (C=O) groups excluding carboxylic acids is 1. The highest BCUT2D eigenvalue weighted by molar-refractivity contribution is 7.18. The molecule has 0 radical (unpaired) electrons. The van der Waals surface area contributed by atoms with Crippen LogP contribution in [0.3, 0.4) is 0 Å². The number of fused-ring (bicyclic) bond motifs is 1. The molecule has 0 saturated carbocycles. The molecule has 0 fully saturated rings. The molecule has 0 saturated heterocycles. The van der Waals surface area contributed by atoms with Crippen LogP contribution >= 0.6 is 11.3 Å². The van der Waals surface area contributed by atoms with E-state index in [4.69, 9.17) is 0 Å². The van der Waals surface area contributed by atoms with E-state index in [1.807, 2.05) is 31.2 Å². The molecule has 0 bridgehead atoms. The fraction of sp³-hybridized carbons (Fsp3) is 0.250. The Kier molecular flexibility index (Phi) is 5.63. The average Bonchev–Trinajstić information content (AvgIpc) is 3.07. The minimum atomic E-state index is -0.0945. The molecule has 2 aromatic heterocycles. The number of rotatable bonds is 7. The van der Waals surface area contributed by atoms with E-state index in [0.29, 0.717) is 18.7 Å². The molecule has 2 heterocycles. The number of aryl methyl sites for hydroxylation is 2. The van der Waals surface area contributed by atoms with Gasteiger partial charge in [0.25, 0.3) is 5.91 Å². The third-order valence-corrected chi connectivity index (χ3v) is 5.16. The van der Waals surface area contributed by atoms with Crippen LogP contribution in [0.1, 0.15) is 33.5 Å². The van der Waals surface area contributed by atoms with Gasteiger partial charge < -0.3 is 10.6 Å². The summed E-state index contributed by atoms with van der Waals surface area (Å²) in [4.78, 5) is 23.3. The largest absolute Gasteiger partial charge is 0.365 e. The van der Waals surface area contributed by atoms with Crippen LogP contribution in [0.2, 0.25) is 0 Å². The maximum absolute atomic E-state index is 11.9. The first-order chi connectivity index (χ1) is 12.6. The lowest BCUT2D eigenvalue weighted by Gasteiger charge is -2.08. The summed E-state index contributed by atoms with van der Waals surface area (Å²) in [6.07, 6.45) is 2.66. The Balaban J connectivity index is 1.73. The van der Waals surface area contributed by atoms with Gasteiger partial charge in [0.05, 0.1) is 5.39 Å². The van der Waals surface area contributed by atoms with Crippen molar-refractivity contribution in [2.24, 2.45) is 0 Å². The highest BCUT2D eigenvalue weighted by Crippen LogP contribution is 2.29. The monoisotopic (exact) mass is 366 g/mol. The highest BCUT2D eigenvalue weighted by Gasteiger charge is 2.10. The lowest BCUT2D eigenvalue weighted by atomic mass is 10.1. The molecule has 26 heavy (non-hydrogen) atoms. The minimum absolute atomic E-state index is 0.0945. The zero-order valence-corrected chi connectivity index (χ0v) is 15.8. The normalized spacial score (nSPS) is 10.7. The number of nitrogens with one attached hydrogen (secondary N) is 2. The molecule has 134 valence electrons. The molecule has 3 rings (SSSR count). The molecule has 6 heteroatoms. The average molecular weight is 366 g/mol. The summed E-state index contributed by atoms with van der Waals surface area (Å²) < 4.78 is 0. The van der Waals surface area contributed by atoms with E-state index in [-0.39, 0.29) is 5.91 Å². The van der Waals surface area contributed by atoms with Crippen LogP contribution in [0, 0.1) is 6.92 Å². The molecule has 0 atom stereocenters. The molecule has 0 spiro atoms. The third-order valence-electron chi connectivity index (χ3n) is 3.99. The van der Waals surface area contributed by atoms with E-state index in [1.54, 1.807) is 17.4 Å². The molecular formula is C20H22N4OS. The first-order valence-electron chi connectivity index (χ1n) is 8.59. The fourth-order valence-corrected chi connectivity index (χ4v) is 3.63. The highest BCUT2D eigenvalue weighted by atomic mass is 32.1. The first-order valence-corrected chi connectivity index (χ1v) is 9.41. The van der Waals surface area contributed by atoms with Crippen molar-refractivity contribution in [1.82, 2.24) is 15.3 Å². The van der Waals surface area contributed by atoms with Gasteiger partial charge in [-0.05, 0) is 37.1 Å². The van der Waals surface area contributed by atoms with Gasteiger partial charge in [-0.3, -0.25) is 4.79 Å². The molecule has 0 aliphatic heterocycles. The van der Waals surface area contributed by atoms with Gasteiger partial charge in [0.15, 0.2) is 0 Å². The number of carbonyl (C=O) groups is 1. The van der Waals surface area contributed by atoms with Crippen molar-refractivity contribution in [3.8, 4) is 0 Å². The van der Waals surface area contributed by atoms with Gasteiger partial charge in [0.1, 0.15) is 16.5 Å². The quantitative estimate of drug-likeness (QED) is 0.618. The molecule has 2 N–H and O–H groups in total. The Morgan fingerprint density at radius 1 is 1.27 bits per heavy atom. The lowest BCUT2D eigenvalue weighted by Crippen LogP contribution is -2.23. The SMILES string of the molecule is C=CCNC(=O)c1ccc(CNc2nc(C)nc3sc(CC)cc23)cc1. The van der Waals surface area contributed by atoms with Crippen LogP contribution in [0.4, 0.5) is 5.82 Å². The minimum Gasteiger partial charge on any atom is -0.365 e. The molecule has 5 nitrogen and oxygen atoms in total. The maximum atomic E-state index is 11.9. The van der Waals surface area contributed by atoms with Crippen LogP contribution in [0.5, 0.6) is 0 Å². The number of anilines is 1. The molecule has 3 aromatic rings. The Labute approximate surface area is 157 Å². The standard InChI is InChI=1S/C20H22N4OS/c1-4-10-21-19(25)15-8-6-14(7-9-15)12-22-18-17-11-16(5-2)26-20(17)24-13(3)23-18/h4,6-9,11H,1,5,10,12H2,2-3H3,(H,21,25)(H,22,23,24). The lowest BCUT2D eigenvalue weighted by molar-refractivity contribution is 0.0958. The maximum Gasteiger partial charge on any atom is 0.251 e. The van der Waals surface area contributed by atoms with Crippen molar-refractivity contribution >= 4 is 33.3 Å². The Bertz CT molecular complexity index is 931. The second kappa shape index (κ2) is 8.10. The van der Waals surface area contributed by atoms with Gasteiger partial charge in [-0.2, -0.15) is 0 Å². The summed E-state index contributed by atoms with van der Waals surface area (Å²) >= 11 is 1.72. The summed E-state index contributed by atoms with van der Waals surface area (Å²) in [6, 6.07) is 9.72. The summed E-state index contributed by atoms with van der Waals surface area (Å²) in [7, 11) is 0. The van der Waals surface area contributed by atoms with E-state index in [2.05, 4.69) is 40.2 Å². The van der Waals surface area contributed by atoms with Crippen molar-refractivity contribution in [1.29, 1.82) is 0 Å². The van der Waals surface area contributed by atoms with Crippen molar-refractivity contribution in [3.63, 3.8) is 0 Å². The van der Waals surface area contributed by atoms with Crippen LogP contribution in [0.25, 0.3) is 10.2 Å². The number of nitrogens with zero attached hydrogens (tertiary/aromatic N) is 2. The van der Waals surface area contributed by atoms with E-state index < -0.39 is 0 Å². The van der Waals surface area contributed by atoms with Gasteiger partial charge in [-0.15, -0.1) is 17.9 Å². The second-order valence-electron chi connectivity index (χ2n) is 5.95. The zero-order valence-electron chi connectivity index (χ0n) is 15.0. The summed E-state index contributed by atoms with van der Waals surface area (Å²) in [6.45, 7) is 8.75. The molecule has 1 aromatic carbocycles. The molecule has 1 amide bonds. The van der Waals surface area contributed by atoms with Gasteiger partial charge in [0.2, 0.25) is 0 Å². The van der Waals surface area contributed by atoms with Crippen molar-refractivity contribution < 1.29 is 4.79 Å². The number of aromatic nitrogens is 2. The number of benzene rings is 1. The van der Waals surface area contributed by atoms with Gasteiger partial charge in [0, 0.05) is 23.5 Å². The van der Waals surface area contributed by atoms with Crippen molar-refractivity contribution in [2.45, 2.75) is 26.8 Å². The Hall–Kier alpha value is -2.73. The summed E-state index contributed by atoms with van der Waals surface area (Å²) in [5, 5.41) is 7.25. The predicted molar refractivity (Wildman–Crippen MR) is 108 cm³/mol. The van der Waals surface area contributed by atoms with E-state index in [9.17, 15) is 4.79 Å². The number of hydrogen-bond acceptors (Lipinski definition) is 5. The van der Waals surface area contributed by atoms with Gasteiger partial charge in [-0.25, -0.2) is 9.97 Å². The molecule has 0 aliphatic carbocycles. The van der Waals surface area contributed by atoms with Crippen molar-refractivity contribution in [2.75, 3.05) is 11.9 Å². The second-order valence-corrected chi connectivity index (χ2v) is 7.07. The number of amides is 1. The van der Waals surface area contributed by atoms with E-state index in [0.717, 1.165) is 33.8 Å². The molecular weight excluding hydrogens is 344 g/mol. The van der Waals surface area contributed by atoms with Gasteiger partial charge >= 0.3 is 0 Å². The smallest absolute Gasteiger partial charge is 0.251 e. The topological polar surface area (TPSA) is 66.9 Å². The number of hydrogen-bond donors (Lipinski definition) is 2. The van der Waals surface area contributed by atoms with E-state index in [1.165, 1.54) is 4.88 Å². The predicted octanol–water partition coefficient (Wildman–Crippen LogP) is 4.09. The fourth-order valence-electron chi connectivity index (χ4n) is 2.61. The zero-order chi connectivity index (χ0) is 18.5.